The third-order valence-electron chi connectivity index (χ3n) is 4.61. The van der Waals surface area contributed by atoms with Gasteiger partial charge in [-0.25, -0.2) is 0 Å². The molecule has 1 aromatic heterocycles. The van der Waals surface area contributed by atoms with Gasteiger partial charge in [0.15, 0.2) is 0 Å². The van der Waals surface area contributed by atoms with Crippen LogP contribution in [0, 0.1) is 0 Å². The van der Waals surface area contributed by atoms with E-state index in [0.717, 1.165) is 18.8 Å². The van der Waals surface area contributed by atoms with E-state index in [0.29, 0.717) is 15.7 Å². The van der Waals surface area contributed by atoms with Gasteiger partial charge in [-0.3, -0.25) is 4.68 Å². The average molecular weight is 347 g/mol. The Morgan fingerprint density at radius 2 is 1.64 bits per heavy atom. The highest BCUT2D eigenvalue weighted by Crippen LogP contribution is 2.47. The van der Waals surface area contributed by atoms with Crippen molar-refractivity contribution in [2.24, 2.45) is 0 Å². The molecule has 1 aliphatic rings. The standard InChI is InChI=1S/C21H22N2OSi/c1-25-24-15-14-23-21(18-12-13-18)19(16-8-4-2-5-9-16)20(22-23)17-10-6-3-7-11-17/h2-11,18H,12-15H2,1H3. The summed E-state index contributed by atoms with van der Waals surface area (Å²) in [4.78, 5) is 0. The van der Waals surface area contributed by atoms with Crippen LogP contribution in [0.3, 0.4) is 0 Å². The highest BCUT2D eigenvalue weighted by molar-refractivity contribution is 6.24. The van der Waals surface area contributed by atoms with Gasteiger partial charge in [0.2, 0.25) is 9.76 Å². The highest BCUT2D eigenvalue weighted by atomic mass is 28.2. The molecular weight excluding hydrogens is 324 g/mol. The molecule has 3 aromatic rings. The summed E-state index contributed by atoms with van der Waals surface area (Å²) in [7, 11) is 0.525. The first-order chi connectivity index (χ1) is 12.4. The largest absolute Gasteiger partial charge is 0.416 e. The number of rotatable bonds is 7. The van der Waals surface area contributed by atoms with Crippen molar-refractivity contribution in [2.45, 2.75) is 31.9 Å². The van der Waals surface area contributed by atoms with E-state index in [1.54, 1.807) is 0 Å². The molecule has 0 saturated heterocycles. The summed E-state index contributed by atoms with van der Waals surface area (Å²) >= 11 is 0. The summed E-state index contributed by atoms with van der Waals surface area (Å²) in [6.07, 6.45) is 2.52. The minimum absolute atomic E-state index is 0.525. The van der Waals surface area contributed by atoms with Crippen LogP contribution in [-0.4, -0.2) is 26.2 Å². The Labute approximate surface area is 151 Å². The first kappa shape index (κ1) is 16.3. The Kier molecular flexibility index (Phi) is 4.81. The number of hydrogen-bond acceptors (Lipinski definition) is 2. The maximum atomic E-state index is 5.62. The van der Waals surface area contributed by atoms with Crippen molar-refractivity contribution >= 4 is 9.76 Å². The molecule has 0 spiro atoms. The quantitative estimate of drug-likeness (QED) is 0.455. The molecular formula is C21H22N2OSi. The van der Waals surface area contributed by atoms with Crippen LogP contribution in [-0.2, 0) is 11.0 Å². The summed E-state index contributed by atoms with van der Waals surface area (Å²) in [5.74, 6) is 0.629. The van der Waals surface area contributed by atoms with Gasteiger partial charge >= 0.3 is 0 Å². The summed E-state index contributed by atoms with van der Waals surface area (Å²) < 4.78 is 7.82. The molecule has 25 heavy (non-hydrogen) atoms. The topological polar surface area (TPSA) is 27.1 Å². The van der Waals surface area contributed by atoms with E-state index in [1.807, 2.05) is 0 Å². The highest BCUT2D eigenvalue weighted by Gasteiger charge is 2.33. The Balaban J connectivity index is 1.86. The molecule has 0 amide bonds. The van der Waals surface area contributed by atoms with Gasteiger partial charge in [-0.2, -0.15) is 5.10 Å². The lowest BCUT2D eigenvalue weighted by atomic mass is 9.97. The molecule has 0 N–H and O–H groups in total. The van der Waals surface area contributed by atoms with Crippen LogP contribution in [0.2, 0.25) is 6.55 Å². The molecule has 1 aliphatic carbocycles. The third kappa shape index (κ3) is 3.46. The fraction of sp³-hybridized carbons (Fsp3) is 0.286. The van der Waals surface area contributed by atoms with E-state index in [1.165, 1.54) is 35.2 Å². The summed E-state index contributed by atoms with van der Waals surface area (Å²) in [5, 5.41) is 5.03. The summed E-state index contributed by atoms with van der Waals surface area (Å²) in [5.41, 5.74) is 6.21. The molecule has 0 bridgehead atoms. The van der Waals surface area contributed by atoms with Gasteiger partial charge in [0, 0.05) is 17.0 Å². The number of hydrogen-bond donors (Lipinski definition) is 0. The minimum atomic E-state index is 0.525. The smallest absolute Gasteiger partial charge is 0.226 e. The van der Waals surface area contributed by atoms with Gasteiger partial charge < -0.3 is 4.43 Å². The van der Waals surface area contributed by atoms with Gasteiger partial charge in [0.1, 0.15) is 5.69 Å². The SMILES string of the molecule is C[Si]OCCn1nc(-c2ccccc2)c(-c2ccccc2)c1C1CC1. The number of benzene rings is 2. The normalized spacial score (nSPS) is 14.0. The van der Waals surface area contributed by atoms with Gasteiger partial charge in [0.05, 0.1) is 18.8 Å². The molecule has 1 fully saturated rings. The lowest BCUT2D eigenvalue weighted by molar-refractivity contribution is 0.306. The molecule has 0 unspecified atom stereocenters. The zero-order chi connectivity index (χ0) is 17.1. The van der Waals surface area contributed by atoms with Gasteiger partial charge in [-0.1, -0.05) is 60.7 Å². The first-order valence-corrected chi connectivity index (χ1v) is 10.3. The third-order valence-corrected chi connectivity index (χ3v) is 5.11. The molecule has 126 valence electrons. The van der Waals surface area contributed by atoms with Gasteiger partial charge in [-0.15, -0.1) is 0 Å². The van der Waals surface area contributed by atoms with E-state index < -0.39 is 0 Å². The molecule has 3 nitrogen and oxygen atoms in total. The Hall–Kier alpha value is -2.17. The first-order valence-electron chi connectivity index (χ1n) is 8.88. The average Bonchev–Trinajstić information content (AvgIpc) is 3.44. The van der Waals surface area contributed by atoms with Crippen molar-refractivity contribution < 1.29 is 4.43 Å². The van der Waals surface area contributed by atoms with E-state index >= 15 is 0 Å². The monoisotopic (exact) mass is 346 g/mol. The maximum Gasteiger partial charge on any atom is 0.226 e. The van der Waals surface area contributed by atoms with Gasteiger partial charge in [-0.05, 0) is 25.0 Å². The van der Waals surface area contributed by atoms with Crippen molar-refractivity contribution in [3.63, 3.8) is 0 Å². The second kappa shape index (κ2) is 7.38. The van der Waals surface area contributed by atoms with Crippen LogP contribution in [0.25, 0.3) is 22.4 Å². The second-order valence-corrected chi connectivity index (χ2v) is 7.09. The number of nitrogens with zero attached hydrogens (tertiary/aromatic N) is 2. The zero-order valence-corrected chi connectivity index (χ0v) is 15.5. The molecule has 1 saturated carbocycles. The molecule has 0 atom stereocenters. The predicted molar refractivity (Wildman–Crippen MR) is 103 cm³/mol. The Morgan fingerprint density at radius 1 is 1.00 bits per heavy atom. The molecule has 1 heterocycles. The van der Waals surface area contributed by atoms with Crippen molar-refractivity contribution in [2.75, 3.05) is 6.61 Å². The van der Waals surface area contributed by atoms with Gasteiger partial charge in [0.25, 0.3) is 0 Å². The van der Waals surface area contributed by atoms with Crippen LogP contribution < -0.4 is 0 Å². The van der Waals surface area contributed by atoms with Crippen LogP contribution in [0.4, 0.5) is 0 Å². The maximum absolute atomic E-state index is 5.62. The molecule has 4 heteroatoms. The Bertz CT molecular complexity index is 826. The van der Waals surface area contributed by atoms with E-state index in [-0.39, 0.29) is 0 Å². The molecule has 2 aromatic carbocycles. The molecule has 0 aliphatic heterocycles. The van der Waals surface area contributed by atoms with E-state index in [9.17, 15) is 0 Å². The minimum Gasteiger partial charge on any atom is -0.416 e. The fourth-order valence-electron chi connectivity index (χ4n) is 3.34. The molecule has 4 rings (SSSR count). The Morgan fingerprint density at radius 3 is 2.24 bits per heavy atom. The summed E-state index contributed by atoms with van der Waals surface area (Å²) in [6, 6.07) is 21.2. The lowest BCUT2D eigenvalue weighted by Gasteiger charge is -2.09. The van der Waals surface area contributed by atoms with Crippen molar-refractivity contribution in [1.82, 2.24) is 9.78 Å². The lowest BCUT2D eigenvalue weighted by Crippen LogP contribution is -2.11. The molecule has 2 radical (unpaired) electrons. The van der Waals surface area contributed by atoms with Crippen molar-refractivity contribution in [1.29, 1.82) is 0 Å². The number of aromatic nitrogens is 2. The van der Waals surface area contributed by atoms with Crippen molar-refractivity contribution in [3.8, 4) is 22.4 Å². The second-order valence-electron chi connectivity index (χ2n) is 6.39. The van der Waals surface area contributed by atoms with E-state index in [4.69, 9.17) is 9.52 Å². The van der Waals surface area contributed by atoms with E-state index in [2.05, 4.69) is 71.9 Å². The fourth-order valence-corrected chi connectivity index (χ4v) is 3.63. The summed E-state index contributed by atoms with van der Waals surface area (Å²) in [6.45, 7) is 3.60. The van der Waals surface area contributed by atoms with Crippen LogP contribution in [0.15, 0.2) is 60.7 Å². The van der Waals surface area contributed by atoms with Crippen LogP contribution in [0.1, 0.15) is 24.5 Å². The van der Waals surface area contributed by atoms with Crippen molar-refractivity contribution in [3.05, 3.63) is 66.4 Å². The van der Waals surface area contributed by atoms with Crippen LogP contribution >= 0.6 is 0 Å². The zero-order valence-electron chi connectivity index (χ0n) is 14.5. The predicted octanol–water partition coefficient (Wildman–Crippen LogP) is 4.78. The van der Waals surface area contributed by atoms with Crippen LogP contribution in [0.5, 0.6) is 0 Å².